The number of rotatable bonds is 11. The van der Waals surface area contributed by atoms with Crippen LogP contribution in [0.5, 0.6) is 0 Å². The largest absolute Gasteiger partial charge is 0.352 e. The van der Waals surface area contributed by atoms with E-state index in [2.05, 4.69) is 46.5 Å². The van der Waals surface area contributed by atoms with E-state index >= 15 is 0 Å². The summed E-state index contributed by atoms with van der Waals surface area (Å²) in [6.45, 7) is 19.1. The number of fused-ring (bicyclic) bond motifs is 5. The fourth-order valence-corrected chi connectivity index (χ4v) is 10.6. The van der Waals surface area contributed by atoms with Gasteiger partial charge in [0.25, 0.3) is 0 Å². The van der Waals surface area contributed by atoms with E-state index in [0.29, 0.717) is 16.4 Å². The highest BCUT2D eigenvalue weighted by Crippen LogP contribution is 2.69. The lowest BCUT2D eigenvalue weighted by atomic mass is 9.44. The van der Waals surface area contributed by atoms with Crippen LogP contribution in [0.15, 0.2) is 12.2 Å². The molecule has 0 bridgehead atoms. The lowest BCUT2D eigenvalue weighted by molar-refractivity contribution is -0.122. The molecule has 1 amide bonds. The van der Waals surface area contributed by atoms with Crippen LogP contribution in [-0.4, -0.2) is 12.5 Å². The second-order valence-electron chi connectivity index (χ2n) is 15.2. The highest BCUT2D eigenvalue weighted by Gasteiger charge is 2.60. The Morgan fingerprint density at radius 2 is 1.68 bits per heavy atom. The molecule has 4 aliphatic rings. The van der Waals surface area contributed by atoms with E-state index in [9.17, 15) is 4.79 Å². The average molecular weight is 512 g/mol. The maximum atomic E-state index is 11.8. The van der Waals surface area contributed by atoms with Crippen LogP contribution in [0.1, 0.15) is 138 Å². The number of amides is 1. The molecule has 0 radical (unpaired) electrons. The Kier molecular flexibility index (Phi) is 9.60. The van der Waals surface area contributed by atoms with Gasteiger partial charge in [-0.05, 0) is 136 Å². The van der Waals surface area contributed by atoms with Gasteiger partial charge < -0.3 is 5.32 Å². The third kappa shape index (κ3) is 6.04. The molecule has 4 fully saturated rings. The fourth-order valence-electron chi connectivity index (χ4n) is 10.6. The zero-order valence-corrected chi connectivity index (χ0v) is 25.5. The maximum Gasteiger partial charge on any atom is 0.246 e. The van der Waals surface area contributed by atoms with Crippen molar-refractivity contribution in [3.05, 3.63) is 12.2 Å². The van der Waals surface area contributed by atoms with Crippen molar-refractivity contribution in [1.82, 2.24) is 5.32 Å². The summed E-state index contributed by atoms with van der Waals surface area (Å²) in [7, 11) is 0. The molecule has 0 aliphatic heterocycles. The molecule has 4 unspecified atom stereocenters. The van der Waals surface area contributed by atoms with Gasteiger partial charge in [-0.2, -0.15) is 0 Å². The predicted octanol–water partition coefficient (Wildman–Crippen LogP) is 9.59. The van der Waals surface area contributed by atoms with Gasteiger partial charge in [0.15, 0.2) is 0 Å². The predicted molar refractivity (Wildman–Crippen MR) is 158 cm³/mol. The third-order valence-corrected chi connectivity index (χ3v) is 12.8. The minimum absolute atomic E-state index is 0.0220. The van der Waals surface area contributed by atoms with Gasteiger partial charge in [0.1, 0.15) is 0 Å². The van der Waals surface area contributed by atoms with Gasteiger partial charge in [0.2, 0.25) is 5.91 Å². The Morgan fingerprint density at radius 1 is 0.946 bits per heavy atom. The summed E-state index contributed by atoms with van der Waals surface area (Å²) < 4.78 is 0. The highest BCUT2D eigenvalue weighted by molar-refractivity contribution is 5.91. The van der Waals surface area contributed by atoms with Gasteiger partial charge in [-0.3, -0.25) is 4.79 Å². The molecule has 0 aromatic heterocycles. The molecule has 1 N–H and O–H groups in total. The van der Waals surface area contributed by atoms with E-state index < -0.39 is 0 Å². The van der Waals surface area contributed by atoms with Crippen LogP contribution in [0.2, 0.25) is 0 Å². The molecule has 2 nitrogen and oxygen atoms in total. The lowest BCUT2D eigenvalue weighted by Crippen LogP contribution is -2.53. The Labute approximate surface area is 230 Å². The van der Waals surface area contributed by atoms with E-state index in [1.807, 2.05) is 0 Å². The first-order valence-corrected chi connectivity index (χ1v) is 16.5. The molecule has 0 aromatic carbocycles. The first-order chi connectivity index (χ1) is 17.6. The van der Waals surface area contributed by atoms with Crippen LogP contribution < -0.4 is 5.32 Å². The van der Waals surface area contributed by atoms with Crippen LogP contribution in [0, 0.1) is 58.2 Å². The highest BCUT2D eigenvalue weighted by atomic mass is 16.1. The van der Waals surface area contributed by atoms with Gasteiger partial charge in [-0.15, -0.1) is 0 Å². The zero-order valence-electron chi connectivity index (χ0n) is 25.5. The van der Waals surface area contributed by atoms with Crippen LogP contribution in [-0.2, 0) is 4.79 Å². The second-order valence-corrected chi connectivity index (χ2v) is 15.2. The van der Waals surface area contributed by atoms with Crippen LogP contribution in [0.4, 0.5) is 0 Å². The Bertz CT molecular complexity index is 786. The van der Waals surface area contributed by atoms with Crippen molar-refractivity contribution in [2.75, 3.05) is 6.54 Å². The van der Waals surface area contributed by atoms with Crippen molar-refractivity contribution in [2.45, 2.75) is 138 Å². The number of nitrogens with one attached hydrogen (secondary N) is 1. The zero-order chi connectivity index (χ0) is 26.8. The number of hydrogen-bond acceptors (Lipinski definition) is 1. The summed E-state index contributed by atoms with van der Waals surface area (Å²) in [6.07, 6.45) is 21.6. The van der Waals surface area contributed by atoms with Gasteiger partial charge >= 0.3 is 0 Å². The molecule has 9 atom stereocenters. The third-order valence-electron chi connectivity index (χ3n) is 12.8. The minimum atomic E-state index is 0.0220. The molecule has 212 valence electrons. The first-order valence-electron chi connectivity index (χ1n) is 16.5. The monoisotopic (exact) mass is 511 g/mol. The van der Waals surface area contributed by atoms with Gasteiger partial charge in [0, 0.05) is 12.1 Å². The molecule has 0 spiro atoms. The van der Waals surface area contributed by atoms with E-state index in [1.54, 1.807) is 6.92 Å². The fraction of sp³-hybridized carbons (Fsp3) is 0.914. The van der Waals surface area contributed by atoms with E-state index in [4.69, 9.17) is 0 Å². The summed E-state index contributed by atoms with van der Waals surface area (Å²) in [5.74, 6) is 7.64. The summed E-state index contributed by atoms with van der Waals surface area (Å²) in [6, 6.07) is 0. The Morgan fingerprint density at radius 3 is 2.38 bits per heavy atom. The molecule has 0 saturated heterocycles. The van der Waals surface area contributed by atoms with E-state index in [-0.39, 0.29) is 5.91 Å². The summed E-state index contributed by atoms with van der Waals surface area (Å²) >= 11 is 0. The molecule has 4 rings (SSSR count). The maximum absolute atomic E-state index is 11.8. The number of carbonyl (C=O) groups is 1. The molecular weight excluding hydrogens is 450 g/mol. The smallest absolute Gasteiger partial charge is 0.246 e. The van der Waals surface area contributed by atoms with Gasteiger partial charge in [-0.25, -0.2) is 0 Å². The minimum Gasteiger partial charge on any atom is -0.352 e. The Hall–Kier alpha value is -0.790. The first kappa shape index (κ1) is 29.2. The standard InChI is InChI=1S/C35H61NO/c1-8-27(13-9-11-24(2)3)30-16-17-31-29-15-14-28-23-26(12-10-22-36-33(37)25(4)5)18-20-34(28,6)32(29)19-21-35(30,31)7/h24,26-32H,4,8-23H2,1-3,5-7H3,(H,36,37)/t26-,27+,28?,29?,30+,31?,32?,34-,35+/m0/s1. The molecular formula is C35H61NO. The van der Waals surface area contributed by atoms with Crippen LogP contribution in [0.3, 0.4) is 0 Å². The van der Waals surface area contributed by atoms with Crippen molar-refractivity contribution >= 4 is 5.91 Å². The van der Waals surface area contributed by atoms with Crippen LogP contribution >= 0.6 is 0 Å². The number of carbonyl (C=O) groups excluding carboxylic acids is 1. The molecule has 4 saturated carbocycles. The molecule has 0 heterocycles. The van der Waals surface area contributed by atoms with E-state index in [1.165, 1.54) is 89.9 Å². The van der Waals surface area contributed by atoms with Crippen molar-refractivity contribution in [3.63, 3.8) is 0 Å². The Balaban J connectivity index is 1.34. The quantitative estimate of drug-likeness (QED) is 0.217. The van der Waals surface area contributed by atoms with Crippen LogP contribution in [0.25, 0.3) is 0 Å². The van der Waals surface area contributed by atoms with Crippen molar-refractivity contribution in [1.29, 1.82) is 0 Å². The van der Waals surface area contributed by atoms with Gasteiger partial charge in [0.05, 0.1) is 0 Å². The topological polar surface area (TPSA) is 29.1 Å². The van der Waals surface area contributed by atoms with Crippen molar-refractivity contribution in [3.8, 4) is 0 Å². The van der Waals surface area contributed by atoms with Crippen molar-refractivity contribution < 1.29 is 4.79 Å². The summed E-state index contributed by atoms with van der Waals surface area (Å²) in [4.78, 5) is 11.8. The van der Waals surface area contributed by atoms with E-state index in [0.717, 1.165) is 60.3 Å². The molecule has 2 heteroatoms. The molecule has 4 aliphatic carbocycles. The second kappa shape index (κ2) is 12.2. The molecule has 37 heavy (non-hydrogen) atoms. The van der Waals surface area contributed by atoms with Crippen molar-refractivity contribution in [2.24, 2.45) is 58.2 Å². The average Bonchev–Trinajstić information content (AvgIpc) is 3.21. The SMILES string of the molecule is C=C(C)C(=O)NCCC[C@H]1CC[C@@]2(C)C(CCC3C2CC[C@@]2(C)C3CC[C@@H]2[C@H](CC)CCCC(C)C)C1. The lowest BCUT2D eigenvalue weighted by Gasteiger charge is -2.61. The number of hydrogen-bond donors (Lipinski definition) is 1. The summed E-state index contributed by atoms with van der Waals surface area (Å²) in [5, 5.41) is 3.04. The molecule has 0 aromatic rings. The van der Waals surface area contributed by atoms with Gasteiger partial charge in [-0.1, -0.05) is 66.9 Å². The summed E-state index contributed by atoms with van der Waals surface area (Å²) in [5.41, 5.74) is 1.83. The normalized spacial score (nSPS) is 40.0.